The quantitative estimate of drug-likeness (QED) is 0.925. The number of aryl methyl sites for hydroxylation is 1. The number of hydrogen-bond acceptors (Lipinski definition) is 4. The number of aromatic nitrogens is 1. The van der Waals surface area contributed by atoms with Crippen LogP contribution in [0.25, 0.3) is 11.3 Å². The summed E-state index contributed by atoms with van der Waals surface area (Å²) < 4.78 is 5.46. The van der Waals surface area contributed by atoms with Gasteiger partial charge in [-0.05, 0) is 30.9 Å². The van der Waals surface area contributed by atoms with Crippen molar-refractivity contribution in [1.82, 2.24) is 4.98 Å². The van der Waals surface area contributed by atoms with E-state index in [-0.39, 0.29) is 5.56 Å². The molecular weight excluding hydrogens is 272 g/mol. The fraction of sp³-hybridized carbons (Fsp3) is 0.400. The summed E-state index contributed by atoms with van der Waals surface area (Å²) in [5, 5.41) is 4.17. The zero-order valence-electron chi connectivity index (χ0n) is 11.7. The molecular formula is C15H18N2O2S. The van der Waals surface area contributed by atoms with Crippen LogP contribution >= 0.6 is 11.3 Å². The molecule has 0 saturated carbocycles. The minimum atomic E-state index is -0.0539. The molecule has 0 aliphatic carbocycles. The zero-order chi connectivity index (χ0) is 14.1. The third-order valence-electron chi connectivity index (χ3n) is 3.67. The van der Waals surface area contributed by atoms with E-state index in [4.69, 9.17) is 4.74 Å². The molecule has 1 saturated heterocycles. The average Bonchev–Trinajstić information content (AvgIpc) is 2.85. The number of aromatic amines is 1. The minimum absolute atomic E-state index is 0.0539. The van der Waals surface area contributed by atoms with Gasteiger partial charge in [0.25, 0.3) is 0 Å². The van der Waals surface area contributed by atoms with Crippen molar-refractivity contribution < 1.29 is 4.74 Å². The number of morpholine rings is 1. The number of ether oxygens (including phenoxy) is 1. The number of thiophene rings is 1. The minimum Gasteiger partial charge on any atom is -0.377 e. The van der Waals surface area contributed by atoms with Crippen LogP contribution in [0, 0.1) is 6.92 Å². The molecule has 0 aromatic carbocycles. The van der Waals surface area contributed by atoms with Gasteiger partial charge in [-0.25, -0.2) is 0 Å². The Bertz CT molecular complexity index is 662. The van der Waals surface area contributed by atoms with E-state index in [0.29, 0.717) is 19.3 Å². The Morgan fingerprint density at radius 2 is 2.25 bits per heavy atom. The molecule has 1 aliphatic heterocycles. The van der Waals surface area contributed by atoms with Gasteiger partial charge < -0.3 is 14.6 Å². The van der Waals surface area contributed by atoms with Crippen molar-refractivity contribution >= 4 is 17.0 Å². The van der Waals surface area contributed by atoms with E-state index in [1.165, 1.54) is 5.56 Å². The van der Waals surface area contributed by atoms with E-state index in [1.807, 2.05) is 0 Å². The lowest BCUT2D eigenvalue weighted by atomic mass is 10.1. The van der Waals surface area contributed by atoms with Crippen molar-refractivity contribution in [2.24, 2.45) is 0 Å². The van der Waals surface area contributed by atoms with Gasteiger partial charge in [0.05, 0.1) is 18.9 Å². The summed E-state index contributed by atoms with van der Waals surface area (Å²) in [5.41, 5.74) is 4.12. The molecule has 0 amide bonds. The topological polar surface area (TPSA) is 45.3 Å². The molecule has 3 rings (SSSR count). The number of H-pyrrole nitrogens is 1. The molecule has 1 N–H and O–H groups in total. The number of pyridine rings is 1. The van der Waals surface area contributed by atoms with Gasteiger partial charge in [-0.1, -0.05) is 0 Å². The Morgan fingerprint density at radius 1 is 1.40 bits per heavy atom. The Balaban J connectivity index is 2.03. The highest BCUT2D eigenvalue weighted by molar-refractivity contribution is 7.08. The van der Waals surface area contributed by atoms with Crippen LogP contribution < -0.4 is 10.5 Å². The number of hydrogen-bond donors (Lipinski definition) is 1. The number of nitrogens with one attached hydrogen (secondary N) is 1. The molecule has 2 aromatic heterocycles. The fourth-order valence-corrected chi connectivity index (χ4v) is 3.43. The first-order valence-corrected chi connectivity index (χ1v) is 7.71. The fourth-order valence-electron chi connectivity index (χ4n) is 2.59. The van der Waals surface area contributed by atoms with Crippen LogP contribution in [0.2, 0.25) is 0 Å². The predicted octanol–water partition coefficient (Wildman–Crippen LogP) is 2.64. The van der Waals surface area contributed by atoms with Crippen LogP contribution in [0.1, 0.15) is 12.5 Å². The number of nitrogens with zero attached hydrogens (tertiary/aromatic N) is 1. The Labute approximate surface area is 122 Å². The molecule has 1 aliphatic rings. The molecule has 20 heavy (non-hydrogen) atoms. The maximum absolute atomic E-state index is 12.0. The van der Waals surface area contributed by atoms with Crippen molar-refractivity contribution in [3.05, 3.63) is 38.8 Å². The lowest BCUT2D eigenvalue weighted by Crippen LogP contribution is -2.44. The normalized spacial score (nSPS) is 19.3. The van der Waals surface area contributed by atoms with Gasteiger partial charge in [0.15, 0.2) is 0 Å². The van der Waals surface area contributed by atoms with Gasteiger partial charge in [-0.3, -0.25) is 4.79 Å². The van der Waals surface area contributed by atoms with Crippen LogP contribution in [0.5, 0.6) is 0 Å². The first-order valence-electron chi connectivity index (χ1n) is 6.77. The van der Waals surface area contributed by atoms with Gasteiger partial charge in [0.1, 0.15) is 0 Å². The lowest BCUT2D eigenvalue weighted by Gasteiger charge is -2.35. The average molecular weight is 290 g/mol. The van der Waals surface area contributed by atoms with Crippen molar-refractivity contribution in [1.29, 1.82) is 0 Å². The van der Waals surface area contributed by atoms with E-state index < -0.39 is 0 Å². The molecule has 2 aromatic rings. The highest BCUT2D eigenvalue weighted by atomic mass is 32.1. The van der Waals surface area contributed by atoms with Crippen LogP contribution in [0.15, 0.2) is 27.7 Å². The molecule has 0 spiro atoms. The van der Waals surface area contributed by atoms with E-state index >= 15 is 0 Å². The second-order valence-electron chi connectivity index (χ2n) is 5.20. The van der Waals surface area contributed by atoms with Crippen molar-refractivity contribution in [3.8, 4) is 11.3 Å². The molecule has 3 heterocycles. The summed E-state index contributed by atoms with van der Waals surface area (Å²) in [6.45, 7) is 6.43. The van der Waals surface area contributed by atoms with E-state index in [0.717, 1.165) is 23.5 Å². The molecule has 5 heteroatoms. The third-order valence-corrected chi connectivity index (χ3v) is 4.54. The highest BCUT2D eigenvalue weighted by Crippen LogP contribution is 2.28. The van der Waals surface area contributed by atoms with Gasteiger partial charge >= 0.3 is 0 Å². The maximum Gasteiger partial charge on any atom is 0.250 e. The van der Waals surface area contributed by atoms with Gasteiger partial charge in [-0.2, -0.15) is 11.3 Å². The molecule has 1 fully saturated rings. The van der Waals surface area contributed by atoms with Gasteiger partial charge in [0, 0.05) is 35.3 Å². The Morgan fingerprint density at radius 3 is 2.95 bits per heavy atom. The molecule has 1 unspecified atom stereocenters. The summed E-state index contributed by atoms with van der Waals surface area (Å²) in [7, 11) is 0. The molecule has 4 nitrogen and oxygen atoms in total. The summed E-state index contributed by atoms with van der Waals surface area (Å²) in [4.78, 5) is 17.1. The second kappa shape index (κ2) is 5.42. The molecule has 0 bridgehead atoms. The first kappa shape index (κ1) is 13.4. The standard InChI is InChI=1S/C15H18N2O2S/c1-10-8-20-9-13(10)14-5-12(6-15(18)16-14)17-3-4-19-7-11(17)2/h5-6,8-9,11H,3-4,7H2,1-2H3,(H,16,18). The summed E-state index contributed by atoms with van der Waals surface area (Å²) >= 11 is 1.65. The summed E-state index contributed by atoms with van der Waals surface area (Å²) in [6.07, 6.45) is 0. The number of rotatable bonds is 2. The Kier molecular flexibility index (Phi) is 3.63. The Hall–Kier alpha value is -1.59. The smallest absolute Gasteiger partial charge is 0.250 e. The van der Waals surface area contributed by atoms with Crippen LogP contribution in [0.4, 0.5) is 5.69 Å². The van der Waals surface area contributed by atoms with E-state index in [9.17, 15) is 4.79 Å². The van der Waals surface area contributed by atoms with Crippen LogP contribution in [0.3, 0.4) is 0 Å². The lowest BCUT2D eigenvalue weighted by molar-refractivity contribution is 0.0989. The third kappa shape index (κ3) is 2.51. The first-order chi connectivity index (χ1) is 9.65. The molecule has 106 valence electrons. The molecule has 1 atom stereocenters. The van der Waals surface area contributed by atoms with E-state index in [1.54, 1.807) is 17.4 Å². The van der Waals surface area contributed by atoms with Crippen molar-refractivity contribution in [3.63, 3.8) is 0 Å². The van der Waals surface area contributed by atoms with Crippen molar-refractivity contribution in [2.75, 3.05) is 24.7 Å². The van der Waals surface area contributed by atoms with Gasteiger partial charge in [-0.15, -0.1) is 0 Å². The monoisotopic (exact) mass is 290 g/mol. The summed E-state index contributed by atoms with van der Waals surface area (Å²) in [6, 6.07) is 4.03. The molecule has 0 radical (unpaired) electrons. The second-order valence-corrected chi connectivity index (χ2v) is 5.95. The van der Waals surface area contributed by atoms with Gasteiger partial charge in [0.2, 0.25) is 5.56 Å². The van der Waals surface area contributed by atoms with E-state index in [2.05, 4.69) is 40.6 Å². The van der Waals surface area contributed by atoms with Crippen LogP contribution in [-0.4, -0.2) is 30.8 Å². The van der Waals surface area contributed by atoms with Crippen LogP contribution in [-0.2, 0) is 4.74 Å². The maximum atomic E-state index is 12.0. The largest absolute Gasteiger partial charge is 0.377 e. The predicted molar refractivity (Wildman–Crippen MR) is 82.7 cm³/mol. The van der Waals surface area contributed by atoms with Crippen molar-refractivity contribution in [2.45, 2.75) is 19.9 Å². The zero-order valence-corrected chi connectivity index (χ0v) is 12.5. The SMILES string of the molecule is Cc1cscc1-c1cc(N2CCOCC2C)cc(=O)[nH]1. The highest BCUT2D eigenvalue weighted by Gasteiger charge is 2.20. The summed E-state index contributed by atoms with van der Waals surface area (Å²) in [5.74, 6) is 0. The number of anilines is 1.